The number of ketones is 1. The number of hydrogen-bond donors (Lipinski definition) is 0. The van der Waals surface area contributed by atoms with E-state index in [-0.39, 0.29) is 18.1 Å². The molecule has 0 fully saturated rings. The Hall–Kier alpha value is -1.84. The van der Waals surface area contributed by atoms with E-state index in [2.05, 4.69) is 0 Å². The molecule has 1 amide bonds. The van der Waals surface area contributed by atoms with E-state index < -0.39 is 0 Å². The lowest BCUT2D eigenvalue weighted by Crippen LogP contribution is -2.27. The summed E-state index contributed by atoms with van der Waals surface area (Å²) >= 11 is 0. The van der Waals surface area contributed by atoms with E-state index in [0.717, 1.165) is 11.3 Å². The summed E-state index contributed by atoms with van der Waals surface area (Å²) in [4.78, 5) is 24.0. The van der Waals surface area contributed by atoms with Crippen LogP contribution in [0.5, 0.6) is 5.75 Å². The van der Waals surface area contributed by atoms with Crippen LogP contribution in [-0.2, 0) is 16.1 Å². The van der Waals surface area contributed by atoms with Crippen molar-refractivity contribution < 1.29 is 14.3 Å². The van der Waals surface area contributed by atoms with Crippen LogP contribution in [0.15, 0.2) is 24.3 Å². The lowest BCUT2D eigenvalue weighted by atomic mass is 10.2. The van der Waals surface area contributed by atoms with Gasteiger partial charge in [0.1, 0.15) is 11.5 Å². The average molecular weight is 249 g/mol. The average Bonchev–Trinajstić information content (AvgIpc) is 2.31. The summed E-state index contributed by atoms with van der Waals surface area (Å²) in [6.07, 6.45) is -0.0342. The molecule has 4 nitrogen and oxygen atoms in total. The first-order chi connectivity index (χ1) is 8.52. The van der Waals surface area contributed by atoms with Crippen LogP contribution < -0.4 is 4.74 Å². The molecule has 4 heteroatoms. The van der Waals surface area contributed by atoms with Crippen molar-refractivity contribution in [3.05, 3.63) is 29.8 Å². The number of hydrogen-bond acceptors (Lipinski definition) is 3. The molecule has 18 heavy (non-hydrogen) atoms. The molecule has 0 saturated heterocycles. The summed E-state index contributed by atoms with van der Waals surface area (Å²) in [6.45, 7) is 4.49. The van der Waals surface area contributed by atoms with E-state index in [1.54, 1.807) is 11.9 Å². The molecule has 0 aromatic heterocycles. The standard InChI is InChI=1S/C14H19NO3/c1-4-18-13-7-5-12(6-8-13)10-15(3)14(17)9-11(2)16/h5-8H,4,9-10H2,1-3H3. The second kappa shape index (κ2) is 6.79. The molecule has 0 radical (unpaired) electrons. The fourth-order valence-electron chi connectivity index (χ4n) is 1.57. The maximum Gasteiger partial charge on any atom is 0.230 e. The highest BCUT2D eigenvalue weighted by molar-refractivity contribution is 5.96. The largest absolute Gasteiger partial charge is 0.494 e. The monoisotopic (exact) mass is 249 g/mol. The summed E-state index contributed by atoms with van der Waals surface area (Å²) < 4.78 is 5.34. The Bertz CT molecular complexity index is 412. The number of Topliss-reactive ketones (excluding diaryl/α,β-unsaturated/α-hetero) is 1. The van der Waals surface area contributed by atoms with Gasteiger partial charge in [0.25, 0.3) is 0 Å². The molecule has 0 atom stereocenters. The van der Waals surface area contributed by atoms with E-state index in [4.69, 9.17) is 4.74 Å². The zero-order chi connectivity index (χ0) is 13.5. The minimum atomic E-state index is -0.156. The predicted octanol–water partition coefficient (Wildman–Crippen LogP) is 2.02. The number of rotatable bonds is 6. The van der Waals surface area contributed by atoms with Crippen molar-refractivity contribution in [3.8, 4) is 5.75 Å². The molecule has 0 N–H and O–H groups in total. The third-order valence-corrected chi connectivity index (χ3v) is 2.48. The summed E-state index contributed by atoms with van der Waals surface area (Å²) in [5, 5.41) is 0. The van der Waals surface area contributed by atoms with Crippen LogP contribution in [0.4, 0.5) is 0 Å². The molecule has 1 aromatic carbocycles. The highest BCUT2D eigenvalue weighted by atomic mass is 16.5. The van der Waals surface area contributed by atoms with Crippen LogP contribution >= 0.6 is 0 Å². The van der Waals surface area contributed by atoms with Gasteiger partial charge < -0.3 is 9.64 Å². The highest BCUT2D eigenvalue weighted by Gasteiger charge is 2.11. The van der Waals surface area contributed by atoms with Crippen molar-refractivity contribution in [2.75, 3.05) is 13.7 Å². The Morgan fingerprint density at radius 3 is 2.33 bits per heavy atom. The predicted molar refractivity (Wildman–Crippen MR) is 69.4 cm³/mol. The second-order valence-electron chi connectivity index (χ2n) is 4.21. The van der Waals surface area contributed by atoms with Gasteiger partial charge in [0.05, 0.1) is 13.0 Å². The number of nitrogens with zero attached hydrogens (tertiary/aromatic N) is 1. The summed E-state index contributed by atoms with van der Waals surface area (Å²) in [5.74, 6) is 0.550. The first-order valence-electron chi connectivity index (χ1n) is 5.98. The van der Waals surface area contributed by atoms with Gasteiger partial charge >= 0.3 is 0 Å². The molecule has 0 saturated carbocycles. The highest BCUT2D eigenvalue weighted by Crippen LogP contribution is 2.13. The molecular weight excluding hydrogens is 230 g/mol. The SMILES string of the molecule is CCOc1ccc(CN(C)C(=O)CC(C)=O)cc1. The van der Waals surface area contributed by atoms with Crippen LogP contribution in [0.2, 0.25) is 0 Å². The summed E-state index contributed by atoms with van der Waals surface area (Å²) in [7, 11) is 1.70. The topological polar surface area (TPSA) is 46.6 Å². The van der Waals surface area contributed by atoms with Crippen molar-refractivity contribution in [2.24, 2.45) is 0 Å². The minimum absolute atomic E-state index is 0.0342. The van der Waals surface area contributed by atoms with Gasteiger partial charge in [-0.3, -0.25) is 9.59 Å². The summed E-state index contributed by atoms with van der Waals surface area (Å²) in [5.41, 5.74) is 1.01. The molecular formula is C14H19NO3. The van der Waals surface area contributed by atoms with Gasteiger partial charge in [-0.15, -0.1) is 0 Å². The summed E-state index contributed by atoms with van der Waals surface area (Å²) in [6, 6.07) is 7.59. The van der Waals surface area contributed by atoms with Crippen molar-refractivity contribution in [3.63, 3.8) is 0 Å². The quantitative estimate of drug-likeness (QED) is 0.725. The van der Waals surface area contributed by atoms with Crippen LogP contribution in [0.25, 0.3) is 0 Å². The Morgan fingerprint density at radius 2 is 1.83 bits per heavy atom. The van der Waals surface area contributed by atoms with Crippen molar-refractivity contribution in [1.82, 2.24) is 4.90 Å². The number of amides is 1. The van der Waals surface area contributed by atoms with Crippen LogP contribution in [0, 0.1) is 0 Å². The van der Waals surface area contributed by atoms with Crippen LogP contribution in [-0.4, -0.2) is 30.2 Å². The fraction of sp³-hybridized carbons (Fsp3) is 0.429. The molecule has 0 aliphatic carbocycles. The number of ether oxygens (including phenoxy) is 1. The molecule has 0 aliphatic heterocycles. The Balaban J connectivity index is 2.56. The molecule has 98 valence electrons. The number of benzene rings is 1. The maximum atomic E-state index is 11.6. The first kappa shape index (κ1) is 14.2. The van der Waals surface area contributed by atoms with Crippen LogP contribution in [0.1, 0.15) is 25.8 Å². The Kier molecular flexibility index (Phi) is 5.36. The normalized spacial score (nSPS) is 9.94. The van der Waals surface area contributed by atoms with E-state index >= 15 is 0 Å². The lowest BCUT2D eigenvalue weighted by molar-refractivity contribution is -0.134. The van der Waals surface area contributed by atoms with Crippen molar-refractivity contribution in [2.45, 2.75) is 26.8 Å². The molecule has 0 spiro atoms. The lowest BCUT2D eigenvalue weighted by Gasteiger charge is -2.16. The Morgan fingerprint density at radius 1 is 1.22 bits per heavy atom. The van der Waals surface area contributed by atoms with E-state index in [9.17, 15) is 9.59 Å². The van der Waals surface area contributed by atoms with Gasteiger partial charge in [-0.2, -0.15) is 0 Å². The third kappa shape index (κ3) is 4.57. The zero-order valence-corrected chi connectivity index (χ0v) is 11.1. The van der Waals surface area contributed by atoms with Gasteiger partial charge in [0.2, 0.25) is 5.91 Å². The smallest absolute Gasteiger partial charge is 0.230 e. The number of carbonyl (C=O) groups is 2. The zero-order valence-electron chi connectivity index (χ0n) is 11.1. The van der Waals surface area contributed by atoms with Crippen LogP contribution in [0.3, 0.4) is 0 Å². The Labute approximate surface area is 108 Å². The van der Waals surface area contributed by atoms with E-state index in [1.807, 2.05) is 31.2 Å². The van der Waals surface area contributed by atoms with E-state index in [0.29, 0.717) is 13.2 Å². The molecule has 0 unspecified atom stereocenters. The minimum Gasteiger partial charge on any atom is -0.494 e. The van der Waals surface area contributed by atoms with Crippen molar-refractivity contribution in [1.29, 1.82) is 0 Å². The third-order valence-electron chi connectivity index (χ3n) is 2.48. The van der Waals surface area contributed by atoms with Gasteiger partial charge in [-0.1, -0.05) is 12.1 Å². The number of carbonyl (C=O) groups excluding carboxylic acids is 2. The molecule has 0 heterocycles. The fourth-order valence-corrected chi connectivity index (χ4v) is 1.57. The van der Waals surface area contributed by atoms with E-state index in [1.165, 1.54) is 6.92 Å². The van der Waals surface area contributed by atoms with Gasteiger partial charge in [-0.25, -0.2) is 0 Å². The molecule has 1 rings (SSSR count). The molecule has 0 aliphatic rings. The van der Waals surface area contributed by atoms with Gasteiger partial charge in [0, 0.05) is 13.6 Å². The second-order valence-corrected chi connectivity index (χ2v) is 4.21. The van der Waals surface area contributed by atoms with Gasteiger partial charge in [0.15, 0.2) is 0 Å². The first-order valence-corrected chi connectivity index (χ1v) is 5.98. The van der Waals surface area contributed by atoms with Gasteiger partial charge in [-0.05, 0) is 31.5 Å². The van der Waals surface area contributed by atoms with Crippen molar-refractivity contribution >= 4 is 11.7 Å². The molecule has 0 bridgehead atoms. The maximum absolute atomic E-state index is 11.6. The molecule has 1 aromatic rings.